The van der Waals surface area contributed by atoms with Crippen LogP contribution in [0.15, 0.2) is 6.20 Å². The van der Waals surface area contributed by atoms with Crippen molar-refractivity contribution in [3.63, 3.8) is 0 Å². The average molecular weight is 335 g/mol. The van der Waals surface area contributed by atoms with Gasteiger partial charge < -0.3 is 0 Å². The van der Waals surface area contributed by atoms with E-state index in [1.165, 1.54) is 3.70 Å². The Morgan fingerprint density at radius 2 is 2.62 bits per heavy atom. The zero-order chi connectivity index (χ0) is 5.98. The Morgan fingerprint density at radius 1 is 1.88 bits per heavy atom. The van der Waals surface area contributed by atoms with Crippen LogP contribution in [0.25, 0.3) is 0 Å². The van der Waals surface area contributed by atoms with Gasteiger partial charge in [-0.3, -0.25) is 0 Å². The fourth-order valence-electron chi connectivity index (χ4n) is 0.372. The van der Waals surface area contributed by atoms with Gasteiger partial charge in [0.25, 0.3) is 0 Å². The number of H-pyrrole nitrogens is 1. The van der Waals surface area contributed by atoms with E-state index in [9.17, 15) is 0 Å². The molecule has 1 N–H and O–H groups in total. The summed E-state index contributed by atoms with van der Waals surface area (Å²) in [6, 6.07) is 0. The molecule has 0 amide bonds. The monoisotopic (exact) mass is 335 g/mol. The average Bonchev–Trinajstić information content (AvgIpc) is 2.14. The van der Waals surface area contributed by atoms with Crippen molar-refractivity contribution in [1.29, 1.82) is 0 Å². The van der Waals surface area contributed by atoms with E-state index in [0.717, 1.165) is 3.83 Å². The van der Waals surface area contributed by atoms with E-state index in [0.29, 0.717) is 0 Å². The van der Waals surface area contributed by atoms with E-state index in [-0.39, 0.29) is 21.2 Å². The van der Waals surface area contributed by atoms with E-state index in [4.69, 9.17) is 0 Å². The number of rotatable bonds is 1. The van der Waals surface area contributed by atoms with Crippen LogP contribution in [0.4, 0.5) is 0 Å². The molecule has 0 aliphatic carbocycles. The molecule has 0 radical (unpaired) electrons. The molecule has 46 valence electrons. The Hall–Kier alpha value is 0.670. The molecule has 0 bridgehead atoms. The van der Waals surface area contributed by atoms with Gasteiger partial charge in [0.05, 0.1) is 0 Å². The molecule has 0 aliphatic heterocycles. The first-order valence-corrected chi connectivity index (χ1v) is 6.34. The Kier molecular flexibility index (Phi) is 2.54. The molecule has 0 fully saturated rings. The van der Waals surface area contributed by atoms with Gasteiger partial charge in [-0.1, -0.05) is 0 Å². The number of aromatic amines is 1. The van der Waals surface area contributed by atoms with Crippen LogP contribution in [-0.2, 0) is 0 Å². The SMILES string of the molecule is C[I-]c1cnc(I)[nH]1. The third kappa shape index (κ3) is 1.57. The topological polar surface area (TPSA) is 28.7 Å². The third-order valence-corrected chi connectivity index (χ3v) is 2.98. The van der Waals surface area contributed by atoms with Crippen LogP contribution in [0.5, 0.6) is 0 Å². The number of nitrogens with zero attached hydrogens (tertiary/aromatic N) is 1. The molecule has 4 heteroatoms. The van der Waals surface area contributed by atoms with E-state index >= 15 is 0 Å². The maximum absolute atomic E-state index is 4.05. The maximum atomic E-state index is 4.05. The molecular formula is C4H5I2N2-. The molecule has 1 heterocycles. The standard InChI is InChI=1S/C4H5I2N2/c1-6-3-2-7-4(5)8-3/h2H,1H3,(H,7,8)/q-1. The predicted molar refractivity (Wildman–Crippen MR) is 35.9 cm³/mol. The van der Waals surface area contributed by atoms with Crippen LogP contribution in [-0.4, -0.2) is 14.9 Å². The van der Waals surface area contributed by atoms with Crippen LogP contribution in [0.3, 0.4) is 0 Å². The number of hydrogen-bond acceptors (Lipinski definition) is 1. The first kappa shape index (κ1) is 6.79. The molecule has 0 aliphatic rings. The molecule has 0 atom stereocenters. The first-order valence-electron chi connectivity index (χ1n) is 2.03. The van der Waals surface area contributed by atoms with E-state index in [2.05, 4.69) is 37.5 Å². The van der Waals surface area contributed by atoms with Crippen molar-refractivity contribution >= 4 is 22.6 Å². The summed E-state index contributed by atoms with van der Waals surface area (Å²) in [5.74, 6) is 0. The zero-order valence-corrected chi connectivity index (χ0v) is 8.60. The van der Waals surface area contributed by atoms with Crippen molar-refractivity contribution in [3.8, 4) is 0 Å². The fraction of sp³-hybridized carbons (Fsp3) is 0.250. The predicted octanol–water partition coefficient (Wildman–Crippen LogP) is -2.10. The second-order valence-corrected chi connectivity index (χ2v) is 4.47. The van der Waals surface area contributed by atoms with Gasteiger partial charge in [0.1, 0.15) is 0 Å². The quantitative estimate of drug-likeness (QED) is 0.463. The van der Waals surface area contributed by atoms with Gasteiger partial charge in [-0.25, -0.2) is 0 Å². The van der Waals surface area contributed by atoms with Gasteiger partial charge in [-0.15, -0.1) is 0 Å². The van der Waals surface area contributed by atoms with Crippen molar-refractivity contribution in [1.82, 2.24) is 9.97 Å². The Labute approximate surface area is 71.9 Å². The first-order chi connectivity index (χ1) is 3.83. The van der Waals surface area contributed by atoms with Crippen molar-refractivity contribution < 1.29 is 21.2 Å². The van der Waals surface area contributed by atoms with Gasteiger partial charge in [-0.05, 0) is 0 Å². The summed E-state index contributed by atoms with van der Waals surface area (Å²) < 4.78 is 2.31. The molecule has 0 saturated carbocycles. The molecule has 1 rings (SSSR count). The van der Waals surface area contributed by atoms with Gasteiger partial charge in [0.15, 0.2) is 0 Å². The summed E-state index contributed by atoms with van der Waals surface area (Å²) in [6.45, 7) is 0. The summed E-state index contributed by atoms with van der Waals surface area (Å²) in [5, 5.41) is 0. The van der Waals surface area contributed by atoms with Crippen LogP contribution in [0.1, 0.15) is 0 Å². The summed E-state index contributed by atoms with van der Waals surface area (Å²) >= 11 is 2.38. The Morgan fingerprint density at radius 3 is 2.88 bits per heavy atom. The van der Waals surface area contributed by atoms with Crippen molar-refractivity contribution in [2.75, 3.05) is 4.93 Å². The van der Waals surface area contributed by atoms with Crippen LogP contribution in [0, 0.1) is 7.53 Å². The molecule has 1 aromatic rings. The fourth-order valence-corrected chi connectivity index (χ4v) is 2.26. The number of imidazole rings is 1. The van der Waals surface area contributed by atoms with E-state index < -0.39 is 0 Å². The molecule has 2 nitrogen and oxygen atoms in total. The van der Waals surface area contributed by atoms with E-state index in [1.807, 2.05) is 6.20 Å². The van der Waals surface area contributed by atoms with Gasteiger partial charge in [-0.2, -0.15) is 0 Å². The summed E-state index contributed by atoms with van der Waals surface area (Å²) in [6.07, 6.45) is 1.91. The number of aromatic nitrogens is 2. The normalized spacial score (nSPS) is 10.2. The summed E-state index contributed by atoms with van der Waals surface area (Å²) in [4.78, 5) is 9.41. The van der Waals surface area contributed by atoms with Crippen molar-refractivity contribution in [2.45, 2.75) is 0 Å². The second-order valence-electron chi connectivity index (χ2n) is 1.21. The Bertz CT molecular complexity index is 172. The van der Waals surface area contributed by atoms with Crippen molar-refractivity contribution in [3.05, 3.63) is 13.7 Å². The molecule has 0 unspecified atom stereocenters. The summed E-state index contributed by atoms with van der Waals surface area (Å²) in [5.41, 5.74) is 0. The Balaban J connectivity index is 2.84. The number of nitrogens with one attached hydrogen (secondary N) is 1. The zero-order valence-electron chi connectivity index (χ0n) is 4.28. The third-order valence-electron chi connectivity index (χ3n) is 0.717. The molecule has 0 saturated heterocycles. The molecule has 8 heavy (non-hydrogen) atoms. The second kappa shape index (κ2) is 3.00. The van der Waals surface area contributed by atoms with Gasteiger partial charge in [0, 0.05) is 0 Å². The van der Waals surface area contributed by atoms with Gasteiger partial charge >= 0.3 is 72.4 Å². The van der Waals surface area contributed by atoms with Crippen molar-refractivity contribution in [2.24, 2.45) is 0 Å². The van der Waals surface area contributed by atoms with E-state index in [1.54, 1.807) is 0 Å². The minimum absolute atomic E-state index is 0.207. The number of hydrogen-bond donors (Lipinski definition) is 1. The number of halogens is 2. The van der Waals surface area contributed by atoms with Crippen LogP contribution in [0.2, 0.25) is 0 Å². The molecule has 0 aromatic carbocycles. The molecule has 0 spiro atoms. The minimum atomic E-state index is 0.207. The molecular weight excluding hydrogens is 330 g/mol. The number of alkyl halides is 1. The molecule has 1 aromatic heterocycles. The van der Waals surface area contributed by atoms with Crippen LogP contribution >= 0.6 is 22.6 Å². The summed E-state index contributed by atoms with van der Waals surface area (Å²) in [7, 11) is 0. The van der Waals surface area contributed by atoms with Crippen LogP contribution < -0.4 is 21.2 Å². The van der Waals surface area contributed by atoms with Gasteiger partial charge in [0.2, 0.25) is 0 Å².